The number of ketones is 1. The lowest BCUT2D eigenvalue weighted by molar-refractivity contribution is -0.132. The predicted octanol–water partition coefficient (Wildman–Crippen LogP) is 4.54. The van der Waals surface area contributed by atoms with E-state index < -0.39 is 17.7 Å². The minimum Gasteiger partial charge on any atom is -0.507 e. The van der Waals surface area contributed by atoms with E-state index in [1.54, 1.807) is 67.2 Å². The predicted molar refractivity (Wildman–Crippen MR) is 114 cm³/mol. The van der Waals surface area contributed by atoms with Crippen LogP contribution in [0.15, 0.2) is 70.2 Å². The van der Waals surface area contributed by atoms with E-state index in [1.807, 2.05) is 0 Å². The van der Waals surface area contributed by atoms with Crippen LogP contribution in [0.25, 0.3) is 5.76 Å². The van der Waals surface area contributed by atoms with E-state index in [1.165, 1.54) is 16.2 Å². The Balaban J connectivity index is 1.91. The average Bonchev–Trinajstić information content (AvgIpc) is 3.35. The van der Waals surface area contributed by atoms with Gasteiger partial charge in [-0.05, 0) is 29.8 Å². The molecule has 0 bridgehead atoms. The molecule has 1 atom stereocenters. The molecule has 0 saturated carbocycles. The first-order valence-electron chi connectivity index (χ1n) is 8.61. The van der Waals surface area contributed by atoms with Crippen molar-refractivity contribution in [2.24, 2.45) is 0 Å². The molecule has 0 spiro atoms. The minimum absolute atomic E-state index is 0.0256. The first kappa shape index (κ1) is 19.4. The lowest BCUT2D eigenvalue weighted by atomic mass is 9.95. The molecule has 1 saturated heterocycles. The van der Waals surface area contributed by atoms with Gasteiger partial charge in [0, 0.05) is 21.6 Å². The van der Waals surface area contributed by atoms with Crippen molar-refractivity contribution in [3.63, 3.8) is 0 Å². The van der Waals surface area contributed by atoms with Crippen molar-refractivity contribution >= 4 is 49.8 Å². The van der Waals surface area contributed by atoms with Gasteiger partial charge in [0.15, 0.2) is 5.13 Å². The number of aliphatic hydroxyl groups excluding tert-OH is 1. The summed E-state index contributed by atoms with van der Waals surface area (Å²) in [5.74, 6) is -1.05. The van der Waals surface area contributed by atoms with Crippen LogP contribution in [0.4, 0.5) is 5.13 Å². The normalized spacial score (nSPS) is 18.3. The van der Waals surface area contributed by atoms with Gasteiger partial charge in [-0.3, -0.25) is 14.5 Å². The maximum atomic E-state index is 12.9. The van der Waals surface area contributed by atoms with Gasteiger partial charge in [0.1, 0.15) is 11.5 Å². The van der Waals surface area contributed by atoms with E-state index in [2.05, 4.69) is 20.9 Å². The van der Waals surface area contributed by atoms with Crippen LogP contribution in [0.1, 0.15) is 17.2 Å². The topological polar surface area (TPSA) is 79.7 Å². The molecule has 1 fully saturated rings. The molecule has 1 aromatic heterocycles. The van der Waals surface area contributed by atoms with Gasteiger partial charge in [0.2, 0.25) is 0 Å². The number of methoxy groups -OCH3 is 1. The summed E-state index contributed by atoms with van der Waals surface area (Å²) in [6, 6.07) is 13.1. The Labute approximate surface area is 179 Å². The summed E-state index contributed by atoms with van der Waals surface area (Å²) in [5.41, 5.74) is 1.14. The minimum atomic E-state index is -0.796. The molecule has 8 heteroatoms. The fourth-order valence-corrected chi connectivity index (χ4v) is 4.16. The molecule has 0 aliphatic carbocycles. The van der Waals surface area contributed by atoms with Crippen LogP contribution in [0.3, 0.4) is 0 Å². The number of aromatic nitrogens is 1. The molecular weight excluding hydrogens is 456 g/mol. The van der Waals surface area contributed by atoms with E-state index >= 15 is 0 Å². The number of thiazole rings is 1. The quantitative estimate of drug-likeness (QED) is 0.344. The molecule has 2 aromatic carbocycles. The second kappa shape index (κ2) is 7.81. The summed E-state index contributed by atoms with van der Waals surface area (Å²) in [7, 11) is 1.56. The molecule has 1 aliphatic rings. The van der Waals surface area contributed by atoms with Gasteiger partial charge in [-0.1, -0.05) is 40.2 Å². The molecule has 0 unspecified atom stereocenters. The third-order valence-electron chi connectivity index (χ3n) is 4.62. The SMILES string of the molecule is COc1ccc([C@@H]2/C(=C(\O)c3ccc(Br)cc3)C(=O)C(=O)N2c2nccs2)cc1. The fraction of sp³-hybridized carbons (Fsp3) is 0.0952. The Bertz CT molecular complexity index is 1090. The molecule has 1 N–H and O–H groups in total. The van der Waals surface area contributed by atoms with Crippen molar-refractivity contribution in [1.29, 1.82) is 0 Å². The van der Waals surface area contributed by atoms with Gasteiger partial charge >= 0.3 is 5.91 Å². The lowest BCUT2D eigenvalue weighted by Gasteiger charge is -2.23. The van der Waals surface area contributed by atoms with Crippen molar-refractivity contribution < 1.29 is 19.4 Å². The molecular formula is C21H15BrN2O4S. The maximum absolute atomic E-state index is 12.9. The molecule has 29 heavy (non-hydrogen) atoms. The second-order valence-electron chi connectivity index (χ2n) is 6.26. The largest absolute Gasteiger partial charge is 0.507 e. The summed E-state index contributed by atoms with van der Waals surface area (Å²) in [4.78, 5) is 31.3. The van der Waals surface area contributed by atoms with Crippen LogP contribution < -0.4 is 9.64 Å². The number of hydrogen-bond acceptors (Lipinski definition) is 6. The van der Waals surface area contributed by atoms with Crippen LogP contribution in [-0.4, -0.2) is 28.9 Å². The first-order valence-corrected chi connectivity index (χ1v) is 10.3. The number of rotatable bonds is 4. The van der Waals surface area contributed by atoms with Crippen molar-refractivity contribution in [2.45, 2.75) is 6.04 Å². The van der Waals surface area contributed by atoms with Crippen molar-refractivity contribution in [1.82, 2.24) is 4.98 Å². The smallest absolute Gasteiger partial charge is 0.301 e. The van der Waals surface area contributed by atoms with Gasteiger partial charge in [0.25, 0.3) is 5.78 Å². The Kier molecular flexibility index (Phi) is 5.21. The summed E-state index contributed by atoms with van der Waals surface area (Å²) >= 11 is 4.60. The number of nitrogens with zero attached hydrogens (tertiary/aromatic N) is 2. The fourth-order valence-electron chi connectivity index (χ4n) is 3.23. The Morgan fingerprint density at radius 2 is 1.83 bits per heavy atom. The van der Waals surface area contributed by atoms with E-state index in [0.29, 0.717) is 22.0 Å². The van der Waals surface area contributed by atoms with Crippen LogP contribution in [-0.2, 0) is 9.59 Å². The first-order chi connectivity index (χ1) is 14.0. The zero-order chi connectivity index (χ0) is 20.5. The summed E-state index contributed by atoms with van der Waals surface area (Å²) in [6.45, 7) is 0. The molecule has 0 radical (unpaired) electrons. The highest BCUT2D eigenvalue weighted by Gasteiger charge is 2.47. The summed E-state index contributed by atoms with van der Waals surface area (Å²) in [6.07, 6.45) is 1.57. The van der Waals surface area contributed by atoms with E-state index in [4.69, 9.17) is 4.74 Å². The Hall–Kier alpha value is -2.97. The lowest BCUT2D eigenvalue weighted by Crippen LogP contribution is -2.29. The molecule has 3 aromatic rings. The van der Waals surface area contributed by atoms with Crippen molar-refractivity contribution in [3.05, 3.63) is 81.3 Å². The van der Waals surface area contributed by atoms with Crippen molar-refractivity contribution in [3.8, 4) is 5.75 Å². The maximum Gasteiger partial charge on any atom is 0.301 e. The van der Waals surface area contributed by atoms with Crippen LogP contribution in [0.2, 0.25) is 0 Å². The third-order valence-corrected chi connectivity index (χ3v) is 5.92. The molecule has 2 heterocycles. The van der Waals surface area contributed by atoms with E-state index in [0.717, 1.165) is 4.47 Å². The van der Waals surface area contributed by atoms with Gasteiger partial charge in [-0.25, -0.2) is 4.98 Å². The van der Waals surface area contributed by atoms with Gasteiger partial charge in [0.05, 0.1) is 18.7 Å². The number of aliphatic hydroxyl groups is 1. The molecule has 1 amide bonds. The highest BCUT2D eigenvalue weighted by atomic mass is 79.9. The zero-order valence-electron chi connectivity index (χ0n) is 15.2. The number of carbonyl (C=O) groups excluding carboxylic acids is 2. The van der Waals surface area contributed by atoms with Gasteiger partial charge in [-0.2, -0.15) is 0 Å². The van der Waals surface area contributed by atoms with Crippen LogP contribution in [0, 0.1) is 0 Å². The number of benzene rings is 2. The number of carbonyl (C=O) groups is 2. The van der Waals surface area contributed by atoms with Crippen molar-refractivity contribution in [2.75, 3.05) is 12.0 Å². The molecule has 6 nitrogen and oxygen atoms in total. The third kappa shape index (κ3) is 3.45. The molecule has 4 rings (SSSR count). The summed E-state index contributed by atoms with van der Waals surface area (Å²) in [5, 5.41) is 13.1. The van der Waals surface area contributed by atoms with E-state index in [-0.39, 0.29) is 11.3 Å². The Morgan fingerprint density at radius 1 is 1.14 bits per heavy atom. The number of hydrogen-bond donors (Lipinski definition) is 1. The van der Waals surface area contributed by atoms with Gasteiger partial charge in [-0.15, -0.1) is 11.3 Å². The average molecular weight is 471 g/mol. The number of halogens is 1. The van der Waals surface area contributed by atoms with Gasteiger partial charge < -0.3 is 9.84 Å². The number of amides is 1. The second-order valence-corrected chi connectivity index (χ2v) is 8.05. The molecule has 146 valence electrons. The monoisotopic (exact) mass is 470 g/mol. The van der Waals surface area contributed by atoms with Crippen LogP contribution in [0.5, 0.6) is 5.75 Å². The standard InChI is InChI=1S/C21H15BrN2O4S/c1-28-15-8-4-12(5-9-15)17-16(18(25)13-2-6-14(22)7-3-13)19(26)20(27)24(17)21-23-10-11-29-21/h2-11,17,25H,1H3/b18-16+/t17-/m1/s1. The highest BCUT2D eigenvalue weighted by molar-refractivity contribution is 9.10. The summed E-state index contributed by atoms with van der Waals surface area (Å²) < 4.78 is 6.04. The number of Topliss-reactive ketones (excluding diaryl/α,β-unsaturated/α-hetero) is 1. The number of anilines is 1. The Morgan fingerprint density at radius 3 is 2.41 bits per heavy atom. The van der Waals surface area contributed by atoms with Crippen LogP contribution >= 0.6 is 27.3 Å². The zero-order valence-corrected chi connectivity index (χ0v) is 17.6. The molecule has 1 aliphatic heterocycles. The number of ether oxygens (including phenoxy) is 1. The van der Waals surface area contributed by atoms with E-state index in [9.17, 15) is 14.7 Å². The highest BCUT2D eigenvalue weighted by Crippen LogP contribution is 2.43.